The Labute approximate surface area is 175 Å². The van der Waals surface area contributed by atoms with E-state index in [0.29, 0.717) is 23.9 Å². The van der Waals surface area contributed by atoms with Crippen LogP contribution in [0.1, 0.15) is 16.9 Å². The molecule has 2 heterocycles. The number of cyclic esters (lactones) is 1. The van der Waals surface area contributed by atoms with Crippen molar-refractivity contribution in [2.75, 3.05) is 7.11 Å². The van der Waals surface area contributed by atoms with Crippen LogP contribution in [0.4, 0.5) is 0 Å². The van der Waals surface area contributed by atoms with Gasteiger partial charge in [0.2, 0.25) is 0 Å². The van der Waals surface area contributed by atoms with Crippen molar-refractivity contribution in [1.82, 2.24) is 0 Å². The fourth-order valence-electron chi connectivity index (χ4n) is 2.71. The fraction of sp³-hybridized carbons (Fsp3) is 0.0909. The standard InChI is InChI=1S/C22H16BrNO5/c1-26-18-9-6-15(12-20(18)28-13-14-4-7-16(23)8-5-14)11-17-22(25)29-21(24-17)19-3-2-10-27-19/h2-12H,13H2,1H3/b17-11-. The van der Waals surface area contributed by atoms with E-state index in [0.717, 1.165) is 15.6 Å². The molecule has 0 amide bonds. The second kappa shape index (κ2) is 8.36. The number of aliphatic imine (C=N–C) groups is 1. The molecule has 0 aliphatic carbocycles. The molecule has 3 aromatic rings. The second-order valence-corrected chi connectivity index (χ2v) is 7.05. The minimum absolute atomic E-state index is 0.145. The van der Waals surface area contributed by atoms with Gasteiger partial charge < -0.3 is 18.6 Å². The number of carbonyl (C=O) groups is 1. The van der Waals surface area contributed by atoms with E-state index in [2.05, 4.69) is 20.9 Å². The highest BCUT2D eigenvalue weighted by Gasteiger charge is 2.25. The van der Waals surface area contributed by atoms with Gasteiger partial charge in [-0.25, -0.2) is 9.79 Å². The van der Waals surface area contributed by atoms with Crippen LogP contribution in [0.2, 0.25) is 0 Å². The average Bonchev–Trinajstić information content (AvgIpc) is 3.38. The van der Waals surface area contributed by atoms with Crippen molar-refractivity contribution in [2.24, 2.45) is 4.99 Å². The monoisotopic (exact) mass is 453 g/mol. The Hall–Kier alpha value is -3.32. The number of hydrogen-bond acceptors (Lipinski definition) is 6. The van der Waals surface area contributed by atoms with Crippen LogP contribution in [0.3, 0.4) is 0 Å². The molecule has 1 aromatic heterocycles. The van der Waals surface area contributed by atoms with Crippen LogP contribution in [-0.4, -0.2) is 19.0 Å². The summed E-state index contributed by atoms with van der Waals surface area (Å²) in [6, 6.07) is 16.6. The van der Waals surface area contributed by atoms with Crippen molar-refractivity contribution in [3.05, 3.63) is 87.9 Å². The molecular formula is C22H16BrNO5. The first-order valence-electron chi connectivity index (χ1n) is 8.74. The van der Waals surface area contributed by atoms with Crippen LogP contribution in [0.15, 0.2) is 80.4 Å². The Balaban J connectivity index is 1.56. The van der Waals surface area contributed by atoms with Crippen LogP contribution in [0.5, 0.6) is 11.5 Å². The second-order valence-electron chi connectivity index (χ2n) is 6.14. The van der Waals surface area contributed by atoms with Gasteiger partial charge in [-0.2, -0.15) is 0 Å². The summed E-state index contributed by atoms with van der Waals surface area (Å²) in [6.45, 7) is 0.381. The van der Waals surface area contributed by atoms with Gasteiger partial charge >= 0.3 is 5.97 Å². The summed E-state index contributed by atoms with van der Waals surface area (Å²) >= 11 is 3.42. The molecule has 0 fully saturated rings. The summed E-state index contributed by atoms with van der Waals surface area (Å²) in [4.78, 5) is 16.3. The van der Waals surface area contributed by atoms with Gasteiger partial charge in [-0.3, -0.25) is 0 Å². The van der Waals surface area contributed by atoms with Gasteiger partial charge in [0.1, 0.15) is 6.61 Å². The zero-order chi connectivity index (χ0) is 20.2. The normalized spacial score (nSPS) is 14.6. The van der Waals surface area contributed by atoms with E-state index in [1.807, 2.05) is 30.3 Å². The number of hydrogen-bond donors (Lipinski definition) is 0. The average molecular weight is 454 g/mol. The summed E-state index contributed by atoms with van der Waals surface area (Å²) in [5.41, 5.74) is 1.93. The van der Waals surface area contributed by atoms with Gasteiger partial charge in [0.15, 0.2) is 23.0 Å². The highest BCUT2D eigenvalue weighted by molar-refractivity contribution is 9.10. The minimum Gasteiger partial charge on any atom is -0.493 e. The molecule has 0 saturated carbocycles. The van der Waals surface area contributed by atoms with Crippen molar-refractivity contribution < 1.29 is 23.4 Å². The molecular weight excluding hydrogens is 438 g/mol. The number of rotatable bonds is 6. The molecule has 1 aliphatic rings. The Bertz CT molecular complexity index is 1080. The number of carbonyl (C=O) groups excluding carboxylic acids is 1. The molecule has 0 unspecified atom stereocenters. The summed E-state index contributed by atoms with van der Waals surface area (Å²) in [5.74, 6) is 1.16. The Morgan fingerprint density at radius 2 is 1.93 bits per heavy atom. The molecule has 0 saturated heterocycles. The smallest absolute Gasteiger partial charge is 0.363 e. The van der Waals surface area contributed by atoms with Gasteiger partial charge in [0, 0.05) is 4.47 Å². The molecule has 0 radical (unpaired) electrons. The van der Waals surface area contributed by atoms with Crippen molar-refractivity contribution >= 4 is 33.9 Å². The Kier molecular flexibility index (Phi) is 5.48. The number of furan rings is 1. The third kappa shape index (κ3) is 4.41. The predicted molar refractivity (Wildman–Crippen MR) is 111 cm³/mol. The number of benzene rings is 2. The Morgan fingerprint density at radius 3 is 2.66 bits per heavy atom. The maximum atomic E-state index is 12.1. The lowest BCUT2D eigenvalue weighted by Crippen LogP contribution is -2.04. The van der Waals surface area contributed by atoms with Crippen LogP contribution >= 0.6 is 15.9 Å². The number of halogens is 1. The van der Waals surface area contributed by atoms with Gasteiger partial charge in [-0.1, -0.05) is 34.1 Å². The molecule has 0 N–H and O–H groups in total. The lowest BCUT2D eigenvalue weighted by molar-refractivity contribution is -0.130. The van der Waals surface area contributed by atoms with Gasteiger partial charge in [-0.15, -0.1) is 0 Å². The summed E-state index contributed by atoms with van der Waals surface area (Å²) in [7, 11) is 1.58. The molecule has 7 heteroatoms. The van der Waals surface area contributed by atoms with E-state index in [1.54, 1.807) is 37.5 Å². The highest BCUT2D eigenvalue weighted by Crippen LogP contribution is 2.30. The zero-order valence-electron chi connectivity index (χ0n) is 15.4. The quantitative estimate of drug-likeness (QED) is 0.389. The molecule has 0 bridgehead atoms. The number of ether oxygens (including phenoxy) is 3. The summed E-state index contributed by atoms with van der Waals surface area (Å²) in [5, 5.41) is 0. The van der Waals surface area contributed by atoms with Crippen molar-refractivity contribution in [3.8, 4) is 11.5 Å². The van der Waals surface area contributed by atoms with E-state index in [1.165, 1.54) is 6.26 Å². The highest BCUT2D eigenvalue weighted by atomic mass is 79.9. The summed E-state index contributed by atoms with van der Waals surface area (Å²) in [6.07, 6.45) is 3.12. The van der Waals surface area contributed by atoms with Crippen molar-refractivity contribution in [2.45, 2.75) is 6.61 Å². The SMILES string of the molecule is COc1ccc(/C=C2\N=C(c3ccco3)OC2=O)cc1OCc1ccc(Br)cc1. The van der Waals surface area contributed by atoms with Gasteiger partial charge in [0.25, 0.3) is 5.90 Å². The molecule has 6 nitrogen and oxygen atoms in total. The molecule has 29 heavy (non-hydrogen) atoms. The molecule has 2 aromatic carbocycles. The van der Waals surface area contributed by atoms with Crippen LogP contribution in [0, 0.1) is 0 Å². The van der Waals surface area contributed by atoms with E-state index >= 15 is 0 Å². The van der Waals surface area contributed by atoms with Gasteiger partial charge in [0.05, 0.1) is 13.4 Å². The predicted octanol–water partition coefficient (Wildman–Crippen LogP) is 4.97. The molecule has 0 atom stereocenters. The third-order valence-corrected chi connectivity index (χ3v) is 4.68. The largest absolute Gasteiger partial charge is 0.493 e. The van der Waals surface area contributed by atoms with Crippen LogP contribution < -0.4 is 9.47 Å². The van der Waals surface area contributed by atoms with Crippen molar-refractivity contribution in [1.29, 1.82) is 0 Å². The van der Waals surface area contributed by atoms with E-state index < -0.39 is 5.97 Å². The maximum Gasteiger partial charge on any atom is 0.363 e. The first-order chi connectivity index (χ1) is 14.1. The summed E-state index contributed by atoms with van der Waals surface area (Å²) < 4.78 is 22.7. The van der Waals surface area contributed by atoms with Crippen molar-refractivity contribution in [3.63, 3.8) is 0 Å². The number of esters is 1. The topological polar surface area (TPSA) is 70.3 Å². The van der Waals surface area contributed by atoms with E-state index in [4.69, 9.17) is 18.6 Å². The van der Waals surface area contributed by atoms with E-state index in [9.17, 15) is 4.79 Å². The fourth-order valence-corrected chi connectivity index (χ4v) is 2.97. The lowest BCUT2D eigenvalue weighted by atomic mass is 10.1. The van der Waals surface area contributed by atoms with Crippen LogP contribution in [0.25, 0.3) is 6.08 Å². The van der Waals surface area contributed by atoms with Crippen LogP contribution in [-0.2, 0) is 16.1 Å². The number of methoxy groups -OCH3 is 1. The first kappa shape index (κ1) is 19.0. The number of nitrogens with zero attached hydrogens (tertiary/aromatic N) is 1. The first-order valence-corrected chi connectivity index (χ1v) is 9.53. The zero-order valence-corrected chi connectivity index (χ0v) is 17.0. The molecule has 0 spiro atoms. The molecule has 1 aliphatic heterocycles. The molecule has 146 valence electrons. The minimum atomic E-state index is -0.537. The van der Waals surface area contributed by atoms with E-state index in [-0.39, 0.29) is 11.6 Å². The molecule has 4 rings (SSSR count). The maximum absolute atomic E-state index is 12.1. The third-order valence-electron chi connectivity index (χ3n) is 4.15. The Morgan fingerprint density at radius 1 is 1.10 bits per heavy atom. The van der Waals surface area contributed by atoms with Gasteiger partial charge in [-0.05, 0) is 53.6 Å². The lowest BCUT2D eigenvalue weighted by Gasteiger charge is -2.11.